The average Bonchev–Trinajstić information content (AvgIpc) is 2.68. The molecule has 2 rings (SSSR count). The van der Waals surface area contributed by atoms with Gasteiger partial charge in [0.15, 0.2) is 0 Å². The summed E-state index contributed by atoms with van der Waals surface area (Å²) in [6, 6.07) is 19.6. The zero-order chi connectivity index (χ0) is 19.6. The second kappa shape index (κ2) is 11.2. The van der Waals surface area contributed by atoms with Crippen LogP contribution in [-0.4, -0.2) is 27.7 Å². The number of hydrogen-bond donors (Lipinski definition) is 2. The zero-order valence-corrected chi connectivity index (χ0v) is 16.9. The number of aliphatic hydroxyl groups is 1. The fourth-order valence-electron chi connectivity index (χ4n) is 2.50. The van der Waals surface area contributed by atoms with Crippen LogP contribution in [0.1, 0.15) is 19.8 Å². The number of rotatable bonds is 10. The number of hydrogen-bond acceptors (Lipinski definition) is 6. The van der Waals surface area contributed by atoms with Gasteiger partial charge in [-0.05, 0) is 44.0 Å². The smallest absolute Gasteiger partial charge is 0.337 e. The van der Waals surface area contributed by atoms with Crippen LogP contribution in [0.3, 0.4) is 0 Å². The molecule has 0 saturated carbocycles. The highest BCUT2D eigenvalue weighted by Crippen LogP contribution is 2.35. The number of carbonyl (C=O) groups excluding carboxylic acids is 1. The monoisotopic (exact) mass is 403 g/mol. The van der Waals surface area contributed by atoms with Crippen LogP contribution in [-0.2, 0) is 9.63 Å². The van der Waals surface area contributed by atoms with Crippen molar-refractivity contribution in [2.75, 3.05) is 0 Å². The van der Waals surface area contributed by atoms with Crippen molar-refractivity contribution in [3.8, 4) is 0 Å². The van der Waals surface area contributed by atoms with E-state index in [-0.39, 0.29) is 5.25 Å². The van der Waals surface area contributed by atoms with Gasteiger partial charge in [-0.3, -0.25) is 0 Å². The van der Waals surface area contributed by atoms with Crippen LogP contribution in [0.2, 0.25) is 0 Å². The second-order valence-corrected chi connectivity index (χ2v) is 8.89. The van der Waals surface area contributed by atoms with Crippen LogP contribution >= 0.6 is 23.5 Å². The molecule has 144 valence electrons. The summed E-state index contributed by atoms with van der Waals surface area (Å²) in [7, 11) is 0. The first-order valence-corrected chi connectivity index (χ1v) is 10.4. The Morgan fingerprint density at radius 2 is 1.56 bits per heavy atom. The summed E-state index contributed by atoms with van der Waals surface area (Å²) >= 11 is 3.06. The Labute approximate surface area is 169 Å². The molecule has 0 radical (unpaired) electrons. The first kappa shape index (κ1) is 21.6. The molecule has 0 heterocycles. The quantitative estimate of drug-likeness (QED) is 0.347. The lowest BCUT2D eigenvalue weighted by atomic mass is 10.0. The van der Waals surface area contributed by atoms with Crippen LogP contribution in [0.5, 0.6) is 0 Å². The van der Waals surface area contributed by atoms with E-state index < -0.39 is 17.3 Å². The molecule has 2 aromatic carbocycles. The molecule has 4 nitrogen and oxygen atoms in total. The summed E-state index contributed by atoms with van der Waals surface area (Å²) in [5.74, 6) is 4.71. The van der Waals surface area contributed by atoms with Crippen molar-refractivity contribution in [3.05, 3.63) is 72.8 Å². The molecule has 0 saturated heterocycles. The molecule has 3 N–H and O–H groups in total. The summed E-state index contributed by atoms with van der Waals surface area (Å²) in [6.45, 7) is 5.64. The normalized spacial score (nSPS) is 14.2. The standard InChI is InChI=1S/C21H25NO3S2/c1-15(2)19(23)13-18(26-16-9-5-3-6-10-16)14-20(21(24)25-22)27-17-11-7-4-8-12-17/h3-12,18-20,23H,1,13-14,22H2,2H3. The van der Waals surface area contributed by atoms with E-state index in [2.05, 4.69) is 11.4 Å². The molecule has 0 spiro atoms. The van der Waals surface area contributed by atoms with Crippen molar-refractivity contribution < 1.29 is 14.7 Å². The summed E-state index contributed by atoms with van der Waals surface area (Å²) < 4.78 is 0. The van der Waals surface area contributed by atoms with Gasteiger partial charge in [-0.15, -0.1) is 23.5 Å². The largest absolute Gasteiger partial charge is 0.389 e. The number of nitrogens with two attached hydrogens (primary N) is 1. The van der Waals surface area contributed by atoms with Gasteiger partial charge < -0.3 is 9.94 Å². The van der Waals surface area contributed by atoms with Gasteiger partial charge in [0.05, 0.1) is 6.10 Å². The van der Waals surface area contributed by atoms with Gasteiger partial charge in [0.2, 0.25) is 0 Å². The second-order valence-electron chi connectivity index (χ2n) is 6.24. The SMILES string of the molecule is C=C(C)C(O)CC(CC(Sc1ccccc1)C(=O)ON)Sc1ccccc1. The molecule has 0 aliphatic rings. The molecule has 3 unspecified atom stereocenters. The maximum absolute atomic E-state index is 12.3. The molecule has 2 aromatic rings. The van der Waals surface area contributed by atoms with E-state index in [4.69, 9.17) is 5.90 Å². The highest BCUT2D eigenvalue weighted by Gasteiger charge is 2.27. The first-order chi connectivity index (χ1) is 13.0. The predicted molar refractivity (Wildman–Crippen MR) is 113 cm³/mol. The van der Waals surface area contributed by atoms with E-state index in [0.29, 0.717) is 18.4 Å². The number of benzene rings is 2. The Balaban J connectivity index is 2.16. The molecule has 0 aliphatic carbocycles. The zero-order valence-electron chi connectivity index (χ0n) is 15.3. The van der Waals surface area contributed by atoms with Gasteiger partial charge in [0.1, 0.15) is 5.25 Å². The third-order valence-corrected chi connectivity index (χ3v) is 6.45. The minimum absolute atomic E-state index is 0.000544. The topological polar surface area (TPSA) is 72.5 Å². The van der Waals surface area contributed by atoms with Crippen LogP contribution < -0.4 is 5.90 Å². The van der Waals surface area contributed by atoms with E-state index in [1.807, 2.05) is 60.7 Å². The summed E-state index contributed by atoms with van der Waals surface area (Å²) in [6.07, 6.45) is 0.389. The lowest BCUT2D eigenvalue weighted by molar-refractivity contribution is -0.143. The van der Waals surface area contributed by atoms with Gasteiger partial charge in [-0.25, -0.2) is 4.79 Å². The van der Waals surface area contributed by atoms with Crippen LogP contribution in [0.4, 0.5) is 0 Å². The molecule has 0 aromatic heterocycles. The third kappa shape index (κ3) is 7.42. The van der Waals surface area contributed by atoms with Crippen LogP contribution in [0.25, 0.3) is 0 Å². The van der Waals surface area contributed by atoms with Gasteiger partial charge >= 0.3 is 5.97 Å². The van der Waals surface area contributed by atoms with E-state index in [1.165, 1.54) is 11.8 Å². The molecule has 0 aliphatic heterocycles. The fraction of sp³-hybridized carbons (Fsp3) is 0.286. The number of carbonyl (C=O) groups is 1. The first-order valence-electron chi connectivity index (χ1n) is 8.67. The molecule has 0 amide bonds. The highest BCUT2D eigenvalue weighted by atomic mass is 32.2. The van der Waals surface area contributed by atoms with Crippen LogP contribution in [0.15, 0.2) is 82.6 Å². The van der Waals surface area contributed by atoms with Gasteiger partial charge in [0.25, 0.3) is 0 Å². The maximum atomic E-state index is 12.3. The van der Waals surface area contributed by atoms with E-state index in [9.17, 15) is 9.90 Å². The average molecular weight is 404 g/mol. The minimum Gasteiger partial charge on any atom is -0.389 e. The van der Waals surface area contributed by atoms with Crippen molar-refractivity contribution >= 4 is 29.5 Å². The fourth-order valence-corrected chi connectivity index (χ4v) is 5.02. The van der Waals surface area contributed by atoms with Crippen molar-refractivity contribution in [2.45, 2.75) is 46.2 Å². The molecule has 0 fully saturated rings. The Hall–Kier alpha value is -1.73. The molecular formula is C21H25NO3S2. The maximum Gasteiger partial charge on any atom is 0.337 e. The molecule has 27 heavy (non-hydrogen) atoms. The number of aliphatic hydroxyl groups excluding tert-OH is 1. The third-order valence-electron chi connectivity index (χ3n) is 3.98. The predicted octanol–water partition coefficient (Wildman–Crippen LogP) is 4.44. The Bertz CT molecular complexity index is 725. The highest BCUT2D eigenvalue weighted by molar-refractivity contribution is 8.01. The van der Waals surface area contributed by atoms with Gasteiger partial charge in [0, 0.05) is 15.0 Å². The van der Waals surface area contributed by atoms with Crippen LogP contribution in [0, 0.1) is 0 Å². The van der Waals surface area contributed by atoms with Crippen molar-refractivity contribution in [2.24, 2.45) is 5.90 Å². The molecular weight excluding hydrogens is 378 g/mol. The van der Waals surface area contributed by atoms with Crippen molar-refractivity contribution in [3.63, 3.8) is 0 Å². The Morgan fingerprint density at radius 3 is 2.04 bits per heavy atom. The lowest BCUT2D eigenvalue weighted by Crippen LogP contribution is -2.28. The van der Waals surface area contributed by atoms with Crippen molar-refractivity contribution in [1.82, 2.24) is 0 Å². The Kier molecular flexibility index (Phi) is 8.94. The van der Waals surface area contributed by atoms with E-state index in [1.54, 1.807) is 18.7 Å². The van der Waals surface area contributed by atoms with E-state index >= 15 is 0 Å². The van der Waals surface area contributed by atoms with Gasteiger partial charge in [-0.2, -0.15) is 5.90 Å². The molecule has 3 atom stereocenters. The Morgan fingerprint density at radius 1 is 1.04 bits per heavy atom. The summed E-state index contributed by atoms with van der Waals surface area (Å²) in [4.78, 5) is 18.9. The number of thioether (sulfide) groups is 2. The summed E-state index contributed by atoms with van der Waals surface area (Å²) in [5, 5.41) is 9.85. The lowest BCUT2D eigenvalue weighted by Gasteiger charge is -2.24. The van der Waals surface area contributed by atoms with E-state index in [0.717, 1.165) is 9.79 Å². The molecule has 6 heteroatoms. The minimum atomic E-state index is -0.623. The molecule has 0 bridgehead atoms. The summed E-state index contributed by atoms with van der Waals surface area (Å²) in [5.41, 5.74) is 0.710. The van der Waals surface area contributed by atoms with Crippen molar-refractivity contribution in [1.29, 1.82) is 0 Å². The van der Waals surface area contributed by atoms with Gasteiger partial charge in [-0.1, -0.05) is 48.6 Å².